The Morgan fingerprint density at radius 3 is 2.33 bits per heavy atom. The molecular weight excluding hydrogens is 360 g/mol. The number of benzene rings is 2. The van der Waals surface area contributed by atoms with E-state index in [2.05, 4.69) is 21.8 Å². The van der Waals surface area contributed by atoms with Gasteiger partial charge in [0.15, 0.2) is 0 Å². The molecule has 2 aromatic rings. The third kappa shape index (κ3) is 4.62. The van der Waals surface area contributed by atoms with Crippen LogP contribution in [0, 0.1) is 0 Å². The zero-order valence-corrected chi connectivity index (χ0v) is 17.1. The van der Waals surface area contributed by atoms with Crippen molar-refractivity contribution >= 4 is 15.7 Å². The Morgan fingerprint density at radius 2 is 1.74 bits per heavy atom. The lowest BCUT2D eigenvalue weighted by Gasteiger charge is -2.18. The van der Waals surface area contributed by atoms with Crippen molar-refractivity contribution < 1.29 is 13.2 Å². The number of anilines is 1. The van der Waals surface area contributed by atoms with Gasteiger partial charge in [-0.3, -0.25) is 0 Å². The predicted octanol–water partition coefficient (Wildman–Crippen LogP) is 3.90. The van der Waals surface area contributed by atoms with Crippen LogP contribution in [0.25, 0.3) is 0 Å². The lowest BCUT2D eigenvalue weighted by atomic mass is 10.0. The number of hydrogen-bond acceptors (Lipinski definition) is 4. The largest absolute Gasteiger partial charge is 0.496 e. The molecule has 0 aromatic heterocycles. The number of rotatable bonds is 7. The molecule has 0 atom stereocenters. The van der Waals surface area contributed by atoms with Crippen molar-refractivity contribution in [1.82, 2.24) is 4.72 Å². The average Bonchev–Trinajstić information content (AvgIpc) is 3.21. The molecule has 0 spiro atoms. The van der Waals surface area contributed by atoms with Crippen LogP contribution in [0.3, 0.4) is 0 Å². The highest BCUT2D eigenvalue weighted by Gasteiger charge is 2.18. The number of sulfonamides is 1. The summed E-state index contributed by atoms with van der Waals surface area (Å²) < 4.78 is 33.4. The Kier molecular flexibility index (Phi) is 6.07. The van der Waals surface area contributed by atoms with Gasteiger partial charge >= 0.3 is 0 Å². The van der Waals surface area contributed by atoms with Gasteiger partial charge in [0.05, 0.1) is 12.0 Å². The molecule has 1 N–H and O–H groups in total. The van der Waals surface area contributed by atoms with Gasteiger partial charge in [0.2, 0.25) is 10.0 Å². The van der Waals surface area contributed by atoms with Crippen LogP contribution in [-0.2, 0) is 16.6 Å². The summed E-state index contributed by atoms with van der Waals surface area (Å²) in [7, 11) is -1.98. The third-order valence-corrected chi connectivity index (χ3v) is 6.41. The summed E-state index contributed by atoms with van der Waals surface area (Å²) in [5.41, 5.74) is 3.03. The Balaban J connectivity index is 1.70. The first-order valence-electron chi connectivity index (χ1n) is 9.42. The summed E-state index contributed by atoms with van der Waals surface area (Å²) in [5.74, 6) is 0.884. The van der Waals surface area contributed by atoms with Gasteiger partial charge in [-0.2, -0.15) is 0 Å². The summed E-state index contributed by atoms with van der Waals surface area (Å²) in [6.07, 6.45) is 2.48. The van der Waals surface area contributed by atoms with Gasteiger partial charge in [-0.15, -0.1) is 0 Å². The van der Waals surface area contributed by atoms with Crippen molar-refractivity contribution in [1.29, 1.82) is 0 Å². The first-order valence-corrected chi connectivity index (χ1v) is 10.9. The highest BCUT2D eigenvalue weighted by atomic mass is 32.2. The Bertz CT molecular complexity index is 871. The van der Waals surface area contributed by atoms with E-state index >= 15 is 0 Å². The van der Waals surface area contributed by atoms with Crippen molar-refractivity contribution in [3.05, 3.63) is 53.6 Å². The van der Waals surface area contributed by atoms with Gasteiger partial charge in [0.1, 0.15) is 5.75 Å². The lowest BCUT2D eigenvalue weighted by molar-refractivity contribution is 0.407. The van der Waals surface area contributed by atoms with E-state index in [-0.39, 0.29) is 17.4 Å². The van der Waals surface area contributed by atoms with Crippen LogP contribution in [0.1, 0.15) is 43.7 Å². The molecule has 0 bridgehead atoms. The maximum absolute atomic E-state index is 12.7. The molecule has 1 aliphatic rings. The smallest absolute Gasteiger partial charge is 0.240 e. The van der Waals surface area contributed by atoms with Crippen molar-refractivity contribution in [3.8, 4) is 5.75 Å². The quantitative estimate of drug-likeness (QED) is 0.782. The van der Waals surface area contributed by atoms with Gasteiger partial charge in [0.25, 0.3) is 0 Å². The molecule has 1 saturated heterocycles. The number of nitrogens with one attached hydrogen (secondary N) is 1. The predicted molar refractivity (Wildman–Crippen MR) is 109 cm³/mol. The van der Waals surface area contributed by atoms with E-state index in [1.165, 1.54) is 18.5 Å². The second kappa shape index (κ2) is 8.31. The Labute approximate surface area is 162 Å². The molecule has 0 radical (unpaired) electrons. The third-order valence-electron chi connectivity index (χ3n) is 5.01. The van der Waals surface area contributed by atoms with Crippen LogP contribution in [0.15, 0.2) is 47.4 Å². The lowest BCUT2D eigenvalue weighted by Crippen LogP contribution is -2.23. The normalized spacial score (nSPS) is 14.7. The van der Waals surface area contributed by atoms with E-state index in [9.17, 15) is 8.42 Å². The highest BCUT2D eigenvalue weighted by molar-refractivity contribution is 7.89. The summed E-state index contributed by atoms with van der Waals surface area (Å²) >= 11 is 0. The monoisotopic (exact) mass is 388 g/mol. The second-order valence-electron chi connectivity index (χ2n) is 7.24. The van der Waals surface area contributed by atoms with Crippen LogP contribution in [-0.4, -0.2) is 28.6 Å². The minimum absolute atomic E-state index is 0.174. The number of hydrogen-bond donors (Lipinski definition) is 1. The topological polar surface area (TPSA) is 58.6 Å². The number of ether oxygens (including phenoxy) is 1. The van der Waals surface area contributed by atoms with E-state index in [0.717, 1.165) is 24.2 Å². The van der Waals surface area contributed by atoms with E-state index in [4.69, 9.17) is 4.74 Å². The average molecular weight is 389 g/mol. The van der Waals surface area contributed by atoms with Crippen LogP contribution in [0.5, 0.6) is 5.75 Å². The molecule has 6 heteroatoms. The minimum Gasteiger partial charge on any atom is -0.496 e. The van der Waals surface area contributed by atoms with Crippen LogP contribution in [0.4, 0.5) is 5.69 Å². The molecule has 2 aromatic carbocycles. The highest BCUT2D eigenvalue weighted by Crippen LogP contribution is 2.29. The fraction of sp³-hybridized carbons (Fsp3) is 0.429. The van der Waals surface area contributed by atoms with Gasteiger partial charge in [-0.05, 0) is 60.2 Å². The van der Waals surface area contributed by atoms with E-state index in [0.29, 0.717) is 5.75 Å². The fourth-order valence-electron chi connectivity index (χ4n) is 3.39. The SMILES string of the molecule is COc1ccc(S(=O)(=O)NCc2ccc(N3CCCC3)cc2)cc1C(C)C. The summed E-state index contributed by atoms with van der Waals surface area (Å²) in [5, 5.41) is 0. The van der Waals surface area contributed by atoms with Gasteiger partial charge in [-0.25, -0.2) is 13.1 Å². The summed E-state index contributed by atoms with van der Waals surface area (Å²) in [6, 6.07) is 13.1. The minimum atomic E-state index is -3.58. The molecule has 1 heterocycles. The molecule has 0 aliphatic carbocycles. The standard InChI is InChI=1S/C21H28N2O3S/c1-16(2)20-14-19(10-11-21(20)26-3)27(24,25)22-15-17-6-8-18(9-7-17)23-12-4-5-13-23/h6-11,14,16,22H,4-5,12-13,15H2,1-3H3. The van der Waals surface area contributed by atoms with Crippen molar-refractivity contribution in [2.75, 3.05) is 25.1 Å². The number of nitrogens with zero attached hydrogens (tertiary/aromatic N) is 1. The van der Waals surface area contributed by atoms with Gasteiger partial charge in [-0.1, -0.05) is 26.0 Å². The first-order chi connectivity index (χ1) is 12.9. The van der Waals surface area contributed by atoms with E-state index in [1.54, 1.807) is 25.3 Å². The molecule has 0 amide bonds. The fourth-order valence-corrected chi connectivity index (χ4v) is 4.45. The molecule has 27 heavy (non-hydrogen) atoms. The molecule has 1 aliphatic heterocycles. The Hall–Kier alpha value is -2.05. The van der Waals surface area contributed by atoms with E-state index in [1.807, 2.05) is 26.0 Å². The van der Waals surface area contributed by atoms with Crippen LogP contribution < -0.4 is 14.4 Å². The molecule has 146 valence electrons. The Morgan fingerprint density at radius 1 is 1.07 bits per heavy atom. The molecule has 0 unspecified atom stereocenters. The van der Waals surface area contributed by atoms with Crippen LogP contribution in [0.2, 0.25) is 0 Å². The molecular formula is C21H28N2O3S. The van der Waals surface area contributed by atoms with Crippen molar-refractivity contribution in [2.45, 2.75) is 44.0 Å². The van der Waals surface area contributed by atoms with Crippen molar-refractivity contribution in [3.63, 3.8) is 0 Å². The second-order valence-corrected chi connectivity index (χ2v) is 9.01. The van der Waals surface area contributed by atoms with Crippen LogP contribution >= 0.6 is 0 Å². The van der Waals surface area contributed by atoms with Gasteiger partial charge in [0, 0.05) is 25.3 Å². The van der Waals surface area contributed by atoms with Crippen molar-refractivity contribution in [2.24, 2.45) is 0 Å². The number of methoxy groups -OCH3 is 1. The molecule has 0 saturated carbocycles. The summed E-state index contributed by atoms with van der Waals surface area (Å²) in [4.78, 5) is 2.62. The zero-order valence-electron chi connectivity index (χ0n) is 16.2. The molecule has 3 rings (SSSR count). The van der Waals surface area contributed by atoms with Gasteiger partial charge < -0.3 is 9.64 Å². The summed E-state index contributed by atoms with van der Waals surface area (Å²) in [6.45, 7) is 6.50. The zero-order chi connectivity index (χ0) is 19.4. The molecule has 5 nitrogen and oxygen atoms in total. The maximum atomic E-state index is 12.7. The molecule has 1 fully saturated rings. The van der Waals surface area contributed by atoms with E-state index < -0.39 is 10.0 Å². The first kappa shape index (κ1) is 19.7. The maximum Gasteiger partial charge on any atom is 0.240 e.